The summed E-state index contributed by atoms with van der Waals surface area (Å²) in [7, 11) is 3.91. The van der Waals surface area contributed by atoms with Crippen LogP contribution in [0, 0.1) is 0 Å². The number of nitrogens with zero attached hydrogens (tertiary/aromatic N) is 4. The second-order valence-corrected chi connectivity index (χ2v) is 7.53. The van der Waals surface area contributed by atoms with Crippen LogP contribution in [0.4, 0.5) is 10.8 Å². The van der Waals surface area contributed by atoms with Crippen LogP contribution in [0.15, 0.2) is 26.9 Å². The van der Waals surface area contributed by atoms with Gasteiger partial charge in [0.1, 0.15) is 0 Å². The van der Waals surface area contributed by atoms with Crippen molar-refractivity contribution in [1.82, 2.24) is 15.2 Å². The number of rotatable bonds is 3. The molecule has 0 radical (unpaired) electrons. The van der Waals surface area contributed by atoms with Gasteiger partial charge in [0, 0.05) is 19.8 Å². The Morgan fingerprint density at radius 1 is 1.16 bits per heavy atom. The summed E-state index contributed by atoms with van der Waals surface area (Å²) in [4.78, 5) is 6.50. The minimum absolute atomic E-state index is 0.763. The number of thiazole rings is 1. The predicted molar refractivity (Wildman–Crippen MR) is 82.4 cm³/mol. The summed E-state index contributed by atoms with van der Waals surface area (Å²) in [5.74, 6) is 0. The molecule has 0 aliphatic carbocycles. The highest BCUT2D eigenvalue weighted by Gasteiger charge is 2.11. The van der Waals surface area contributed by atoms with Gasteiger partial charge in [-0.3, -0.25) is 0 Å². The first kappa shape index (κ1) is 12.6. The van der Waals surface area contributed by atoms with Crippen LogP contribution < -0.4 is 10.6 Å². The zero-order valence-electron chi connectivity index (χ0n) is 10.3. The molecule has 0 aliphatic heterocycles. The molecule has 0 amide bonds. The van der Waals surface area contributed by atoms with E-state index in [0.29, 0.717) is 0 Å². The van der Waals surface area contributed by atoms with Gasteiger partial charge >= 0.3 is 0 Å². The fourth-order valence-corrected chi connectivity index (χ4v) is 4.54. The Balaban J connectivity index is 1.87. The summed E-state index contributed by atoms with van der Waals surface area (Å²) in [6, 6.07) is 5.75. The average Bonchev–Trinajstić information content (AvgIpc) is 2.95. The van der Waals surface area contributed by atoms with Crippen LogP contribution in [0.5, 0.6) is 0 Å². The van der Waals surface area contributed by atoms with E-state index in [1.807, 2.05) is 37.2 Å². The quantitative estimate of drug-likeness (QED) is 0.750. The number of aromatic nitrogens is 3. The van der Waals surface area contributed by atoms with Crippen molar-refractivity contribution in [2.24, 2.45) is 0 Å². The fourth-order valence-electron chi connectivity index (χ4n) is 1.46. The molecule has 0 aliphatic rings. The third kappa shape index (κ3) is 2.65. The van der Waals surface area contributed by atoms with E-state index in [-0.39, 0.29) is 0 Å². The number of hydrogen-bond acceptors (Lipinski definition) is 8. The number of fused-ring (bicyclic) bond motifs is 1. The molecule has 0 fully saturated rings. The molecule has 5 nitrogen and oxygen atoms in total. The third-order valence-corrected chi connectivity index (χ3v) is 5.57. The van der Waals surface area contributed by atoms with Crippen LogP contribution >= 0.6 is 34.4 Å². The monoisotopic (exact) mass is 309 g/mol. The van der Waals surface area contributed by atoms with Crippen LogP contribution in [0.25, 0.3) is 10.2 Å². The van der Waals surface area contributed by atoms with Crippen molar-refractivity contribution in [2.75, 3.05) is 24.7 Å². The van der Waals surface area contributed by atoms with Crippen molar-refractivity contribution in [3.05, 3.63) is 18.2 Å². The smallest absolute Gasteiger partial charge is 0.208 e. The Morgan fingerprint density at radius 2 is 2.00 bits per heavy atom. The number of hydrogen-bond donors (Lipinski definition) is 1. The van der Waals surface area contributed by atoms with E-state index in [9.17, 15) is 0 Å². The lowest BCUT2D eigenvalue weighted by Crippen LogP contribution is -2.07. The molecule has 0 unspecified atom stereocenters. The van der Waals surface area contributed by atoms with E-state index >= 15 is 0 Å². The van der Waals surface area contributed by atoms with Gasteiger partial charge in [-0.15, -0.1) is 21.5 Å². The summed E-state index contributed by atoms with van der Waals surface area (Å²) in [6.45, 7) is 0. The zero-order valence-corrected chi connectivity index (χ0v) is 12.8. The first-order valence-electron chi connectivity index (χ1n) is 5.46. The summed E-state index contributed by atoms with van der Waals surface area (Å²) in [5, 5.41) is 9.16. The minimum atomic E-state index is 0.763. The van der Waals surface area contributed by atoms with Crippen molar-refractivity contribution >= 4 is 55.5 Å². The Labute approximate surface area is 122 Å². The molecule has 2 aromatic heterocycles. The summed E-state index contributed by atoms with van der Waals surface area (Å²) in [6.07, 6.45) is 0. The maximum absolute atomic E-state index is 5.77. The highest BCUT2D eigenvalue weighted by molar-refractivity contribution is 8.02. The maximum Gasteiger partial charge on any atom is 0.208 e. The van der Waals surface area contributed by atoms with Crippen LogP contribution in [0.1, 0.15) is 0 Å². The van der Waals surface area contributed by atoms with Crippen molar-refractivity contribution in [3.63, 3.8) is 0 Å². The predicted octanol–water partition coefficient (Wildman–Crippen LogP) is 2.95. The average molecular weight is 309 g/mol. The molecule has 2 N–H and O–H groups in total. The van der Waals surface area contributed by atoms with Crippen LogP contribution in [0.3, 0.4) is 0 Å². The number of benzene rings is 1. The standard InChI is InChI=1S/C11H11N5S3/c1-16(2)9-14-15-11(18-9)19-10-13-7-4-3-6(12)5-8(7)17-10/h3-5H,12H2,1-2H3. The fraction of sp³-hybridized carbons (Fsp3) is 0.182. The molecular weight excluding hydrogens is 298 g/mol. The first-order valence-corrected chi connectivity index (χ1v) is 7.91. The molecule has 3 rings (SSSR count). The maximum atomic E-state index is 5.77. The summed E-state index contributed by atoms with van der Waals surface area (Å²) in [5.41, 5.74) is 7.50. The van der Waals surface area contributed by atoms with Crippen LogP contribution in [-0.4, -0.2) is 29.3 Å². The van der Waals surface area contributed by atoms with Crippen LogP contribution in [-0.2, 0) is 0 Å². The van der Waals surface area contributed by atoms with Gasteiger partial charge in [0.2, 0.25) is 5.13 Å². The molecule has 1 aromatic carbocycles. The first-order chi connectivity index (χ1) is 9.11. The lowest BCUT2D eigenvalue weighted by atomic mass is 10.3. The van der Waals surface area contributed by atoms with E-state index < -0.39 is 0 Å². The molecule has 0 spiro atoms. The van der Waals surface area contributed by atoms with Gasteiger partial charge in [-0.2, -0.15) is 0 Å². The molecule has 19 heavy (non-hydrogen) atoms. The molecule has 0 atom stereocenters. The molecule has 0 saturated carbocycles. The second-order valence-electron chi connectivity index (χ2n) is 4.05. The molecule has 8 heteroatoms. The lowest BCUT2D eigenvalue weighted by molar-refractivity contribution is 0.972. The molecule has 2 heterocycles. The number of anilines is 2. The molecule has 98 valence electrons. The minimum Gasteiger partial charge on any atom is -0.399 e. The van der Waals surface area contributed by atoms with Crippen molar-refractivity contribution in [2.45, 2.75) is 8.68 Å². The summed E-state index contributed by atoms with van der Waals surface area (Å²) < 4.78 is 2.96. The highest BCUT2D eigenvalue weighted by atomic mass is 32.2. The Hall–Kier alpha value is -1.38. The lowest BCUT2D eigenvalue weighted by Gasteiger charge is -2.03. The van der Waals surface area contributed by atoms with Crippen molar-refractivity contribution in [3.8, 4) is 0 Å². The van der Waals surface area contributed by atoms with E-state index in [1.54, 1.807) is 34.4 Å². The van der Waals surface area contributed by atoms with Crippen LogP contribution in [0.2, 0.25) is 0 Å². The van der Waals surface area contributed by atoms with E-state index in [4.69, 9.17) is 5.73 Å². The van der Waals surface area contributed by atoms with Gasteiger partial charge in [0.25, 0.3) is 0 Å². The summed E-state index contributed by atoms with van der Waals surface area (Å²) >= 11 is 4.72. The SMILES string of the molecule is CN(C)c1nnc(Sc2nc3ccc(N)cc3s2)s1. The Morgan fingerprint density at radius 3 is 2.74 bits per heavy atom. The number of nitrogen functional groups attached to an aromatic ring is 1. The number of nitrogens with two attached hydrogens (primary N) is 1. The normalized spacial score (nSPS) is 11.1. The van der Waals surface area contributed by atoms with Gasteiger partial charge in [-0.05, 0) is 30.0 Å². The largest absolute Gasteiger partial charge is 0.399 e. The third-order valence-electron chi connectivity index (χ3n) is 2.35. The van der Waals surface area contributed by atoms with Crippen molar-refractivity contribution < 1.29 is 0 Å². The van der Waals surface area contributed by atoms with E-state index in [1.165, 1.54) is 0 Å². The van der Waals surface area contributed by atoms with Gasteiger partial charge in [0.05, 0.1) is 10.2 Å². The Bertz CT molecular complexity index is 718. The van der Waals surface area contributed by atoms with Crippen molar-refractivity contribution in [1.29, 1.82) is 0 Å². The van der Waals surface area contributed by atoms with Gasteiger partial charge < -0.3 is 10.6 Å². The zero-order chi connectivity index (χ0) is 13.4. The second kappa shape index (κ2) is 4.95. The van der Waals surface area contributed by atoms with Gasteiger partial charge in [0.15, 0.2) is 8.68 Å². The molecule has 3 aromatic rings. The molecular formula is C11H11N5S3. The Kier molecular flexibility index (Phi) is 3.29. The topological polar surface area (TPSA) is 67.9 Å². The molecule has 0 bridgehead atoms. The van der Waals surface area contributed by atoms with E-state index in [2.05, 4.69) is 15.2 Å². The van der Waals surface area contributed by atoms with E-state index in [0.717, 1.165) is 29.7 Å². The highest BCUT2D eigenvalue weighted by Crippen LogP contribution is 2.37. The van der Waals surface area contributed by atoms with Gasteiger partial charge in [-0.1, -0.05) is 11.3 Å². The van der Waals surface area contributed by atoms with Gasteiger partial charge in [-0.25, -0.2) is 4.98 Å². The molecule has 0 saturated heterocycles.